The van der Waals surface area contributed by atoms with E-state index in [4.69, 9.17) is 0 Å². The standard InChI is InChI=1S/C17H4F2O7/c18-9-4-5(3-8-10(9)16(23)26-15(8)22)13(20)7-2-1-6-11(12(7)19)17(24)25-14(6)21/h1-4H. The molecule has 0 N–H and O–H groups in total. The van der Waals surface area contributed by atoms with Crippen molar-refractivity contribution in [2.45, 2.75) is 0 Å². The number of halogens is 2. The van der Waals surface area contributed by atoms with Crippen molar-refractivity contribution in [1.82, 2.24) is 0 Å². The molecule has 2 aliphatic heterocycles. The highest BCUT2D eigenvalue weighted by molar-refractivity contribution is 6.19. The van der Waals surface area contributed by atoms with Gasteiger partial charge in [-0.3, -0.25) is 4.79 Å². The molecule has 0 aliphatic carbocycles. The molecule has 0 atom stereocenters. The van der Waals surface area contributed by atoms with Gasteiger partial charge in [-0.25, -0.2) is 28.0 Å². The summed E-state index contributed by atoms with van der Waals surface area (Å²) in [7, 11) is 0. The topological polar surface area (TPSA) is 104 Å². The highest BCUT2D eigenvalue weighted by Crippen LogP contribution is 2.29. The molecule has 0 amide bonds. The zero-order valence-electron chi connectivity index (χ0n) is 12.4. The second-order valence-electron chi connectivity index (χ2n) is 5.41. The van der Waals surface area contributed by atoms with Crippen LogP contribution in [0.25, 0.3) is 0 Å². The first-order valence-corrected chi connectivity index (χ1v) is 7.03. The van der Waals surface area contributed by atoms with Crippen molar-refractivity contribution in [1.29, 1.82) is 0 Å². The number of ketones is 1. The van der Waals surface area contributed by atoms with E-state index in [1.165, 1.54) is 0 Å². The van der Waals surface area contributed by atoms with E-state index >= 15 is 0 Å². The molecule has 26 heavy (non-hydrogen) atoms. The molecule has 0 bridgehead atoms. The van der Waals surface area contributed by atoms with E-state index in [1.54, 1.807) is 0 Å². The van der Waals surface area contributed by atoms with Gasteiger partial charge < -0.3 is 9.47 Å². The van der Waals surface area contributed by atoms with Gasteiger partial charge in [-0.1, -0.05) is 0 Å². The van der Waals surface area contributed by atoms with Crippen molar-refractivity contribution >= 4 is 29.7 Å². The molecule has 9 heteroatoms. The van der Waals surface area contributed by atoms with Crippen LogP contribution in [0.1, 0.15) is 57.4 Å². The number of ether oxygens (including phenoxy) is 2. The van der Waals surface area contributed by atoms with E-state index in [0.717, 1.165) is 18.2 Å². The molecule has 0 saturated heterocycles. The van der Waals surface area contributed by atoms with E-state index in [2.05, 4.69) is 9.47 Å². The van der Waals surface area contributed by atoms with Crippen molar-refractivity contribution < 1.29 is 42.2 Å². The highest BCUT2D eigenvalue weighted by atomic mass is 19.1. The van der Waals surface area contributed by atoms with Crippen LogP contribution in [0.5, 0.6) is 0 Å². The Kier molecular flexibility index (Phi) is 3.10. The van der Waals surface area contributed by atoms with Crippen LogP contribution in [0.15, 0.2) is 24.3 Å². The van der Waals surface area contributed by atoms with Crippen LogP contribution >= 0.6 is 0 Å². The average molecular weight is 358 g/mol. The van der Waals surface area contributed by atoms with Crippen molar-refractivity contribution in [3.63, 3.8) is 0 Å². The van der Waals surface area contributed by atoms with Gasteiger partial charge in [0.25, 0.3) is 0 Å². The lowest BCUT2D eigenvalue weighted by Gasteiger charge is -2.06. The fourth-order valence-corrected chi connectivity index (χ4v) is 2.76. The molecule has 0 unspecified atom stereocenters. The summed E-state index contributed by atoms with van der Waals surface area (Å²) in [5.41, 5.74) is -3.18. The maximum atomic E-state index is 14.5. The van der Waals surface area contributed by atoms with Crippen LogP contribution in [0.3, 0.4) is 0 Å². The molecule has 128 valence electrons. The van der Waals surface area contributed by atoms with E-state index in [9.17, 15) is 32.8 Å². The van der Waals surface area contributed by atoms with Crippen molar-refractivity contribution in [2.24, 2.45) is 0 Å². The Hall–Kier alpha value is -3.75. The Bertz CT molecular complexity index is 1100. The van der Waals surface area contributed by atoms with Crippen LogP contribution in [0.4, 0.5) is 8.78 Å². The second kappa shape index (κ2) is 5.12. The summed E-state index contributed by atoms with van der Waals surface area (Å²) in [5, 5.41) is 0. The molecule has 2 aliphatic rings. The smallest absolute Gasteiger partial charge is 0.349 e. The zero-order chi connectivity index (χ0) is 18.7. The molecule has 7 nitrogen and oxygen atoms in total. The minimum absolute atomic E-state index is 0.335. The first-order chi connectivity index (χ1) is 12.3. The first-order valence-electron chi connectivity index (χ1n) is 7.03. The minimum Gasteiger partial charge on any atom is -0.386 e. The van der Waals surface area contributed by atoms with Gasteiger partial charge in [0.15, 0.2) is 5.78 Å². The Labute approximate surface area is 142 Å². The normalized spacial score (nSPS) is 14.8. The lowest BCUT2D eigenvalue weighted by atomic mass is 9.95. The number of cyclic esters (lactones) is 4. The number of esters is 4. The molecule has 0 fully saturated rings. The number of hydrogen-bond donors (Lipinski definition) is 0. The molecule has 2 heterocycles. The van der Waals surface area contributed by atoms with E-state index in [1.807, 2.05) is 0 Å². The van der Waals surface area contributed by atoms with Gasteiger partial charge in [-0.05, 0) is 24.3 Å². The molecule has 0 saturated carbocycles. The number of carbonyl (C=O) groups is 5. The van der Waals surface area contributed by atoms with Gasteiger partial charge in [0, 0.05) is 5.56 Å². The maximum absolute atomic E-state index is 14.5. The summed E-state index contributed by atoms with van der Waals surface area (Å²) in [4.78, 5) is 58.4. The van der Waals surface area contributed by atoms with Gasteiger partial charge in [0.05, 0.1) is 16.7 Å². The lowest BCUT2D eigenvalue weighted by molar-refractivity contribution is 0.0424. The van der Waals surface area contributed by atoms with Crippen LogP contribution < -0.4 is 0 Å². The van der Waals surface area contributed by atoms with Crippen LogP contribution in [0, 0.1) is 11.6 Å². The highest BCUT2D eigenvalue weighted by Gasteiger charge is 2.37. The first kappa shape index (κ1) is 15.8. The van der Waals surface area contributed by atoms with E-state index in [0.29, 0.717) is 6.07 Å². The summed E-state index contributed by atoms with van der Waals surface area (Å²) in [5.74, 6) is -8.17. The average Bonchev–Trinajstić information content (AvgIpc) is 3.04. The van der Waals surface area contributed by atoms with Gasteiger partial charge in [0.2, 0.25) is 0 Å². The Balaban J connectivity index is 1.85. The Morgan fingerprint density at radius 3 is 2.08 bits per heavy atom. The number of rotatable bonds is 2. The summed E-state index contributed by atoms with van der Waals surface area (Å²) in [6.07, 6.45) is 0. The van der Waals surface area contributed by atoms with Crippen LogP contribution in [-0.2, 0) is 9.47 Å². The zero-order valence-corrected chi connectivity index (χ0v) is 12.4. The van der Waals surface area contributed by atoms with Crippen molar-refractivity contribution in [3.8, 4) is 0 Å². The number of fused-ring (bicyclic) bond motifs is 2. The van der Waals surface area contributed by atoms with Crippen LogP contribution in [-0.4, -0.2) is 29.7 Å². The Morgan fingerprint density at radius 2 is 1.38 bits per heavy atom. The third-order valence-electron chi connectivity index (χ3n) is 3.96. The molecular weight excluding hydrogens is 354 g/mol. The minimum atomic E-state index is -1.30. The molecule has 2 aromatic rings. The number of carbonyl (C=O) groups excluding carboxylic acids is 5. The fraction of sp³-hybridized carbons (Fsp3) is 0. The van der Waals surface area contributed by atoms with Crippen LogP contribution in [0.2, 0.25) is 0 Å². The molecular formula is C17H4F2O7. The van der Waals surface area contributed by atoms with Gasteiger partial charge in [-0.2, -0.15) is 0 Å². The molecule has 0 aromatic heterocycles. The summed E-state index contributed by atoms with van der Waals surface area (Å²) < 4.78 is 37.1. The second-order valence-corrected chi connectivity index (χ2v) is 5.41. The monoisotopic (exact) mass is 358 g/mol. The van der Waals surface area contributed by atoms with Gasteiger partial charge in [0.1, 0.15) is 22.8 Å². The van der Waals surface area contributed by atoms with E-state index in [-0.39, 0.29) is 5.56 Å². The predicted octanol–water partition coefficient (Wildman–Crippen LogP) is 1.82. The van der Waals surface area contributed by atoms with Crippen molar-refractivity contribution in [2.75, 3.05) is 0 Å². The lowest BCUT2D eigenvalue weighted by Crippen LogP contribution is -2.10. The van der Waals surface area contributed by atoms with E-state index < -0.39 is 69.1 Å². The molecule has 0 radical (unpaired) electrons. The summed E-state index contributed by atoms with van der Waals surface area (Å²) in [6, 6.07) is 3.51. The number of benzene rings is 2. The molecule has 2 aromatic carbocycles. The van der Waals surface area contributed by atoms with Crippen molar-refractivity contribution in [3.05, 3.63) is 69.3 Å². The van der Waals surface area contributed by atoms with Gasteiger partial charge in [-0.15, -0.1) is 0 Å². The largest absolute Gasteiger partial charge is 0.386 e. The number of hydrogen-bond acceptors (Lipinski definition) is 7. The third kappa shape index (κ3) is 2.00. The Morgan fingerprint density at radius 1 is 0.769 bits per heavy atom. The quantitative estimate of drug-likeness (QED) is 0.458. The van der Waals surface area contributed by atoms with Gasteiger partial charge >= 0.3 is 23.9 Å². The summed E-state index contributed by atoms with van der Waals surface area (Å²) in [6.45, 7) is 0. The fourth-order valence-electron chi connectivity index (χ4n) is 2.76. The maximum Gasteiger partial charge on any atom is 0.349 e. The molecule has 4 rings (SSSR count). The summed E-state index contributed by atoms with van der Waals surface area (Å²) >= 11 is 0. The predicted molar refractivity (Wildman–Crippen MR) is 75.7 cm³/mol. The molecule has 0 spiro atoms. The SMILES string of the molecule is O=C(c1cc(F)c2c(c1)C(=O)OC2=O)c1ccc2c(c1F)C(=O)OC2=O. The third-order valence-corrected chi connectivity index (χ3v) is 3.96.